The summed E-state index contributed by atoms with van der Waals surface area (Å²) in [6.45, 7) is 0. The van der Waals surface area contributed by atoms with Crippen LogP contribution >= 0.6 is 38.9 Å². The van der Waals surface area contributed by atoms with E-state index >= 15 is 0 Å². The molecule has 1 unspecified atom stereocenters. The zero-order valence-electron chi connectivity index (χ0n) is 8.66. The summed E-state index contributed by atoms with van der Waals surface area (Å²) in [5, 5.41) is 12.2. The van der Waals surface area contributed by atoms with Crippen molar-refractivity contribution in [1.29, 1.82) is 0 Å². The summed E-state index contributed by atoms with van der Waals surface area (Å²) in [4.78, 5) is 0. The summed E-state index contributed by atoms with van der Waals surface area (Å²) in [6, 6.07) is 6.07. The largest absolute Gasteiger partial charge is 0.388 e. The van der Waals surface area contributed by atoms with Crippen LogP contribution in [0, 0.1) is 5.82 Å². The van der Waals surface area contributed by atoms with Crippen molar-refractivity contribution in [2.75, 3.05) is 0 Å². The van der Waals surface area contributed by atoms with Crippen molar-refractivity contribution >= 4 is 38.9 Å². The molecule has 0 saturated carbocycles. The zero-order chi connectivity index (χ0) is 12.4. The van der Waals surface area contributed by atoms with E-state index in [1.54, 1.807) is 6.07 Å². The predicted molar refractivity (Wildman–Crippen MR) is 72.1 cm³/mol. The molecule has 1 N–H and O–H groups in total. The van der Waals surface area contributed by atoms with Crippen LogP contribution in [0.1, 0.15) is 17.2 Å². The Bertz CT molecular complexity index is 529. The van der Waals surface area contributed by atoms with Gasteiger partial charge in [-0.15, -0.1) is 11.3 Å². The van der Waals surface area contributed by atoms with Crippen molar-refractivity contribution in [3.8, 4) is 0 Å². The molecule has 1 atom stereocenters. The predicted octanol–water partition coefficient (Wildman–Crippen LogP) is 4.58. The van der Waals surface area contributed by atoms with E-state index < -0.39 is 6.10 Å². The smallest absolute Gasteiger partial charge is 0.124 e. The highest BCUT2D eigenvalue weighted by Crippen LogP contribution is 2.29. The molecule has 0 radical (unpaired) electrons. The van der Waals surface area contributed by atoms with Gasteiger partial charge in [0.05, 0.1) is 9.89 Å². The van der Waals surface area contributed by atoms with Crippen molar-refractivity contribution < 1.29 is 9.50 Å². The fourth-order valence-electron chi connectivity index (χ4n) is 1.51. The van der Waals surface area contributed by atoms with Gasteiger partial charge in [-0.2, -0.15) is 0 Å². The lowest BCUT2D eigenvalue weighted by Crippen LogP contribution is -2.01. The first-order valence-electron chi connectivity index (χ1n) is 4.92. The second kappa shape index (κ2) is 5.48. The summed E-state index contributed by atoms with van der Waals surface area (Å²) in [7, 11) is 0. The average molecular weight is 336 g/mol. The minimum absolute atomic E-state index is 0.346. The minimum atomic E-state index is -0.625. The molecule has 17 heavy (non-hydrogen) atoms. The van der Waals surface area contributed by atoms with Crippen LogP contribution < -0.4 is 0 Å². The Morgan fingerprint density at radius 1 is 1.41 bits per heavy atom. The number of thiophene rings is 1. The van der Waals surface area contributed by atoms with E-state index in [2.05, 4.69) is 15.9 Å². The fraction of sp³-hybridized carbons (Fsp3) is 0.167. The van der Waals surface area contributed by atoms with Crippen LogP contribution in [0.25, 0.3) is 0 Å². The monoisotopic (exact) mass is 334 g/mol. The van der Waals surface area contributed by atoms with Gasteiger partial charge in [0.25, 0.3) is 0 Å². The molecule has 0 aliphatic carbocycles. The molecule has 1 heterocycles. The summed E-state index contributed by atoms with van der Waals surface area (Å²) in [5.74, 6) is -0.369. The van der Waals surface area contributed by atoms with E-state index in [0.717, 1.165) is 14.9 Å². The topological polar surface area (TPSA) is 20.2 Å². The highest BCUT2D eigenvalue weighted by atomic mass is 79.9. The number of rotatable bonds is 3. The Balaban J connectivity index is 2.15. The fourth-order valence-corrected chi connectivity index (χ4v) is 2.98. The summed E-state index contributed by atoms with van der Waals surface area (Å²) < 4.78 is 13.8. The van der Waals surface area contributed by atoms with Crippen molar-refractivity contribution in [3.63, 3.8) is 0 Å². The van der Waals surface area contributed by atoms with Gasteiger partial charge < -0.3 is 5.11 Å². The second-order valence-electron chi connectivity index (χ2n) is 3.64. The van der Waals surface area contributed by atoms with E-state index in [1.807, 2.05) is 11.4 Å². The van der Waals surface area contributed by atoms with E-state index in [-0.39, 0.29) is 5.82 Å². The second-order valence-corrected chi connectivity index (χ2v) is 6.34. The van der Waals surface area contributed by atoms with Gasteiger partial charge in [0.2, 0.25) is 0 Å². The molecule has 2 aromatic rings. The molecular formula is C12H9BrClFOS. The van der Waals surface area contributed by atoms with Crippen LogP contribution in [0.2, 0.25) is 5.02 Å². The highest BCUT2D eigenvalue weighted by molar-refractivity contribution is 9.11. The van der Waals surface area contributed by atoms with E-state index in [9.17, 15) is 9.50 Å². The third-order valence-corrected chi connectivity index (χ3v) is 4.28. The van der Waals surface area contributed by atoms with Gasteiger partial charge in [-0.1, -0.05) is 17.7 Å². The molecule has 2 rings (SSSR count). The first-order valence-corrected chi connectivity index (χ1v) is 6.97. The number of hydrogen-bond acceptors (Lipinski definition) is 2. The molecule has 0 amide bonds. The lowest BCUT2D eigenvalue weighted by Gasteiger charge is -2.10. The third-order valence-electron chi connectivity index (χ3n) is 2.40. The molecule has 0 aliphatic rings. The van der Waals surface area contributed by atoms with Gasteiger partial charge >= 0.3 is 0 Å². The van der Waals surface area contributed by atoms with Crippen molar-refractivity contribution in [3.05, 3.63) is 55.4 Å². The summed E-state index contributed by atoms with van der Waals surface area (Å²) in [6.07, 6.45) is -0.247. The number of aliphatic hydroxyl groups is 1. The number of benzene rings is 1. The summed E-state index contributed by atoms with van der Waals surface area (Å²) >= 11 is 10.8. The maximum absolute atomic E-state index is 12.9. The van der Waals surface area contributed by atoms with Crippen LogP contribution in [0.4, 0.5) is 4.39 Å². The minimum Gasteiger partial charge on any atom is -0.388 e. The van der Waals surface area contributed by atoms with Crippen LogP contribution in [-0.2, 0) is 6.42 Å². The third kappa shape index (κ3) is 3.28. The molecule has 0 bridgehead atoms. The molecule has 1 aromatic heterocycles. The molecule has 0 saturated heterocycles. The van der Waals surface area contributed by atoms with E-state index in [4.69, 9.17) is 11.6 Å². The highest BCUT2D eigenvalue weighted by Gasteiger charge is 2.12. The number of aliphatic hydroxyl groups excluding tert-OH is 1. The van der Waals surface area contributed by atoms with E-state index in [0.29, 0.717) is 11.4 Å². The maximum Gasteiger partial charge on any atom is 0.124 e. The normalized spacial score (nSPS) is 12.7. The van der Waals surface area contributed by atoms with Gasteiger partial charge in [-0.25, -0.2) is 4.39 Å². The molecule has 1 aromatic carbocycles. The van der Waals surface area contributed by atoms with Gasteiger partial charge in [0.1, 0.15) is 5.82 Å². The molecule has 0 spiro atoms. The number of halogens is 3. The molecule has 1 nitrogen and oxygen atoms in total. The SMILES string of the molecule is OC(Cc1ccc(F)cc1Cl)c1csc(Br)c1. The molecule has 0 aliphatic heterocycles. The maximum atomic E-state index is 12.9. The van der Waals surface area contributed by atoms with Crippen molar-refractivity contribution in [2.45, 2.75) is 12.5 Å². The Hall–Kier alpha value is -0.420. The molecular weight excluding hydrogens is 327 g/mol. The Labute approximate surface area is 116 Å². The van der Waals surface area contributed by atoms with E-state index in [1.165, 1.54) is 23.5 Å². The lowest BCUT2D eigenvalue weighted by atomic mass is 10.0. The van der Waals surface area contributed by atoms with Gasteiger partial charge in [0.15, 0.2) is 0 Å². The van der Waals surface area contributed by atoms with Crippen LogP contribution in [0.15, 0.2) is 33.4 Å². The van der Waals surface area contributed by atoms with Gasteiger partial charge in [-0.3, -0.25) is 0 Å². The standard InChI is InChI=1S/C12H9BrClFOS/c13-12-4-8(6-17-12)11(16)3-7-1-2-9(15)5-10(7)14/h1-2,4-6,11,16H,3H2. The Morgan fingerprint density at radius 2 is 2.18 bits per heavy atom. The van der Waals surface area contributed by atoms with Crippen LogP contribution in [0.5, 0.6) is 0 Å². The molecule has 90 valence electrons. The van der Waals surface area contributed by atoms with Gasteiger partial charge in [0, 0.05) is 11.4 Å². The molecule has 0 fully saturated rings. The molecule has 5 heteroatoms. The lowest BCUT2D eigenvalue weighted by molar-refractivity contribution is 0.179. The van der Waals surface area contributed by atoms with Crippen molar-refractivity contribution in [1.82, 2.24) is 0 Å². The van der Waals surface area contributed by atoms with Crippen LogP contribution in [0.3, 0.4) is 0 Å². The quantitative estimate of drug-likeness (QED) is 0.870. The Morgan fingerprint density at radius 3 is 2.76 bits per heavy atom. The average Bonchev–Trinajstić information content (AvgIpc) is 2.69. The van der Waals surface area contributed by atoms with Crippen LogP contribution in [-0.4, -0.2) is 5.11 Å². The first kappa shape index (κ1) is 13.0. The van der Waals surface area contributed by atoms with Crippen molar-refractivity contribution in [2.24, 2.45) is 0 Å². The number of hydrogen-bond donors (Lipinski definition) is 1. The van der Waals surface area contributed by atoms with Gasteiger partial charge in [-0.05, 0) is 50.6 Å². The Kier molecular flexibility index (Phi) is 4.20. The zero-order valence-corrected chi connectivity index (χ0v) is 11.8. The summed E-state index contributed by atoms with van der Waals surface area (Å²) in [5.41, 5.74) is 1.57. The first-order chi connectivity index (χ1) is 8.06.